The van der Waals surface area contributed by atoms with Crippen molar-refractivity contribution in [3.8, 4) is 0 Å². The van der Waals surface area contributed by atoms with Crippen LogP contribution in [0.5, 0.6) is 0 Å². The molecule has 0 amide bonds. The van der Waals surface area contributed by atoms with Crippen molar-refractivity contribution in [2.75, 3.05) is 21.2 Å². The highest BCUT2D eigenvalue weighted by molar-refractivity contribution is 5.74. The number of fused-ring (bicyclic) bond motifs is 2. The van der Waals surface area contributed by atoms with E-state index in [1.807, 2.05) is 12.1 Å². The highest BCUT2D eigenvalue weighted by Gasteiger charge is 2.57. The van der Waals surface area contributed by atoms with Gasteiger partial charge >= 0.3 is 5.97 Å². The number of ether oxygens (including phenoxy) is 1. The first-order valence-electron chi connectivity index (χ1n) is 7.61. The summed E-state index contributed by atoms with van der Waals surface area (Å²) in [5, 5.41) is 0. The van der Waals surface area contributed by atoms with Crippen molar-refractivity contribution in [1.82, 2.24) is 0 Å². The molecule has 0 N–H and O–H groups in total. The van der Waals surface area contributed by atoms with Gasteiger partial charge in [-0.05, 0) is 17.7 Å². The lowest BCUT2D eigenvalue weighted by Crippen LogP contribution is -2.59. The van der Waals surface area contributed by atoms with Gasteiger partial charge in [0.1, 0.15) is 17.8 Å². The molecule has 2 saturated heterocycles. The van der Waals surface area contributed by atoms with E-state index >= 15 is 0 Å². The summed E-state index contributed by atoms with van der Waals surface area (Å²) < 4.78 is 19.2. The number of rotatable bonds is 2. The van der Waals surface area contributed by atoms with Gasteiger partial charge in [-0.3, -0.25) is 4.79 Å². The fraction of sp³-hybridized carbons (Fsp3) is 0.588. The molecule has 4 unspecified atom stereocenters. The first-order valence-corrected chi connectivity index (χ1v) is 7.61. The number of carbonyl (C=O) groups is 1. The summed E-state index contributed by atoms with van der Waals surface area (Å²) in [6.07, 6.45) is 3.19. The van der Waals surface area contributed by atoms with Crippen molar-refractivity contribution in [3.63, 3.8) is 0 Å². The van der Waals surface area contributed by atoms with Crippen LogP contribution in [0.1, 0.15) is 30.7 Å². The monoisotopic (exact) mass is 292 g/mol. The van der Waals surface area contributed by atoms with E-state index in [0.29, 0.717) is 12.1 Å². The molecule has 0 spiro atoms. The second kappa shape index (κ2) is 5.09. The number of hydrogen-bond donors (Lipinski definition) is 0. The highest BCUT2D eigenvalue weighted by atomic mass is 19.1. The minimum atomic E-state index is -0.233. The SMILES string of the molecule is COC(=O)C1C(c2ccc(F)cc2)CC2CCC1[N+]2(C)C. The van der Waals surface area contributed by atoms with Gasteiger partial charge in [0.2, 0.25) is 0 Å². The molecule has 3 nitrogen and oxygen atoms in total. The van der Waals surface area contributed by atoms with Crippen LogP contribution in [0.25, 0.3) is 0 Å². The molecule has 2 heterocycles. The summed E-state index contributed by atoms with van der Waals surface area (Å²) in [7, 11) is 5.91. The van der Waals surface area contributed by atoms with Crippen molar-refractivity contribution in [3.05, 3.63) is 35.6 Å². The number of esters is 1. The molecule has 0 aromatic heterocycles. The van der Waals surface area contributed by atoms with E-state index in [-0.39, 0.29) is 23.6 Å². The van der Waals surface area contributed by atoms with Crippen molar-refractivity contribution in [2.24, 2.45) is 5.92 Å². The van der Waals surface area contributed by atoms with Crippen LogP contribution in [0, 0.1) is 11.7 Å². The largest absolute Gasteiger partial charge is 0.469 e. The molecular formula is C17H23FNO2+. The quantitative estimate of drug-likeness (QED) is 0.619. The van der Waals surface area contributed by atoms with E-state index < -0.39 is 0 Å². The van der Waals surface area contributed by atoms with Crippen molar-refractivity contribution < 1.29 is 18.4 Å². The maximum atomic E-state index is 13.2. The molecule has 2 aliphatic rings. The third-order valence-electron chi connectivity index (χ3n) is 5.74. The number of piperidine rings is 1. The zero-order valence-electron chi connectivity index (χ0n) is 12.9. The smallest absolute Gasteiger partial charge is 0.315 e. The van der Waals surface area contributed by atoms with Gasteiger partial charge in [0.25, 0.3) is 0 Å². The Morgan fingerprint density at radius 3 is 2.52 bits per heavy atom. The minimum absolute atomic E-state index is 0.124. The molecular weight excluding hydrogens is 269 g/mol. The second-order valence-electron chi connectivity index (χ2n) is 6.87. The van der Waals surface area contributed by atoms with Gasteiger partial charge in [0.05, 0.1) is 27.2 Å². The van der Waals surface area contributed by atoms with Gasteiger partial charge in [-0.15, -0.1) is 0 Å². The molecule has 2 fully saturated rings. The molecule has 3 rings (SSSR count). The fourth-order valence-corrected chi connectivity index (χ4v) is 4.50. The molecule has 4 atom stereocenters. The standard InChI is InChI=1S/C17H23FNO2/c1-19(2)13-8-9-15(19)16(17(20)21-3)14(10-13)11-4-6-12(18)7-5-11/h4-7,13-16H,8-10H2,1-3H3/q+1. The Kier molecular flexibility index (Phi) is 3.52. The zero-order valence-corrected chi connectivity index (χ0v) is 12.9. The number of nitrogens with zero attached hydrogens (tertiary/aromatic N) is 1. The predicted molar refractivity (Wildman–Crippen MR) is 78.2 cm³/mol. The molecule has 0 aliphatic carbocycles. The maximum Gasteiger partial charge on any atom is 0.315 e. The number of halogens is 1. The number of hydrogen-bond acceptors (Lipinski definition) is 2. The van der Waals surface area contributed by atoms with Crippen LogP contribution >= 0.6 is 0 Å². The average molecular weight is 292 g/mol. The topological polar surface area (TPSA) is 26.3 Å². The third kappa shape index (κ3) is 2.26. The molecule has 0 radical (unpaired) electrons. The number of quaternary nitrogens is 1. The first kappa shape index (κ1) is 14.5. The molecule has 114 valence electrons. The highest BCUT2D eigenvalue weighted by Crippen LogP contribution is 2.49. The molecule has 21 heavy (non-hydrogen) atoms. The first-order chi connectivity index (χ1) is 9.95. The Morgan fingerprint density at radius 1 is 1.24 bits per heavy atom. The average Bonchev–Trinajstić information content (AvgIpc) is 2.66. The number of methoxy groups -OCH3 is 1. The lowest BCUT2D eigenvalue weighted by atomic mass is 9.75. The summed E-state index contributed by atoms with van der Waals surface area (Å²) in [5.74, 6) is -0.347. The van der Waals surface area contributed by atoms with Gasteiger partial charge in [-0.2, -0.15) is 0 Å². The lowest BCUT2D eigenvalue weighted by molar-refractivity contribution is -0.933. The predicted octanol–water partition coefficient (Wildman–Crippen LogP) is 2.71. The Morgan fingerprint density at radius 2 is 1.90 bits per heavy atom. The number of carbonyl (C=O) groups excluding carboxylic acids is 1. The van der Waals surface area contributed by atoms with Crippen molar-refractivity contribution in [2.45, 2.75) is 37.3 Å². The molecule has 1 aromatic rings. The Labute approximate surface area is 125 Å². The summed E-state index contributed by atoms with van der Waals surface area (Å²) in [4.78, 5) is 12.4. The molecule has 1 aromatic carbocycles. The van der Waals surface area contributed by atoms with E-state index in [1.54, 1.807) is 0 Å². The zero-order chi connectivity index (χ0) is 15.2. The maximum absolute atomic E-state index is 13.2. The van der Waals surface area contributed by atoms with Crippen LogP contribution in [0.3, 0.4) is 0 Å². The van der Waals surface area contributed by atoms with Crippen molar-refractivity contribution in [1.29, 1.82) is 0 Å². The van der Waals surface area contributed by atoms with E-state index in [4.69, 9.17) is 4.74 Å². The summed E-state index contributed by atoms with van der Waals surface area (Å²) in [6, 6.07) is 7.49. The van der Waals surface area contributed by atoms with Crippen LogP contribution in [0.4, 0.5) is 4.39 Å². The van der Waals surface area contributed by atoms with E-state index in [1.165, 1.54) is 19.2 Å². The molecule has 2 bridgehead atoms. The Bertz CT molecular complexity index is 540. The van der Waals surface area contributed by atoms with E-state index in [2.05, 4.69) is 14.1 Å². The summed E-state index contributed by atoms with van der Waals surface area (Å²) in [6.45, 7) is 0. The normalized spacial score (nSPS) is 33.7. The van der Waals surface area contributed by atoms with Crippen molar-refractivity contribution >= 4 is 5.97 Å². The van der Waals surface area contributed by atoms with E-state index in [0.717, 1.165) is 29.3 Å². The Balaban J connectivity index is 1.99. The van der Waals surface area contributed by atoms with Crippen LogP contribution in [-0.2, 0) is 9.53 Å². The summed E-state index contributed by atoms with van der Waals surface area (Å²) in [5.41, 5.74) is 1.06. The third-order valence-corrected chi connectivity index (χ3v) is 5.74. The molecule has 4 heteroatoms. The lowest BCUT2D eigenvalue weighted by Gasteiger charge is -2.47. The van der Waals surface area contributed by atoms with Gasteiger partial charge < -0.3 is 9.22 Å². The van der Waals surface area contributed by atoms with Gasteiger partial charge in [-0.25, -0.2) is 4.39 Å². The van der Waals surface area contributed by atoms with Crippen LogP contribution in [0.2, 0.25) is 0 Å². The van der Waals surface area contributed by atoms with Crippen LogP contribution in [0.15, 0.2) is 24.3 Å². The minimum Gasteiger partial charge on any atom is -0.469 e. The summed E-state index contributed by atoms with van der Waals surface area (Å²) >= 11 is 0. The van der Waals surface area contributed by atoms with Gasteiger partial charge in [0, 0.05) is 25.2 Å². The number of benzene rings is 1. The molecule has 2 aliphatic heterocycles. The van der Waals surface area contributed by atoms with Gasteiger partial charge in [0.15, 0.2) is 0 Å². The Hall–Kier alpha value is -1.42. The fourth-order valence-electron chi connectivity index (χ4n) is 4.50. The van der Waals surface area contributed by atoms with Crippen LogP contribution < -0.4 is 0 Å². The van der Waals surface area contributed by atoms with Gasteiger partial charge in [-0.1, -0.05) is 12.1 Å². The second-order valence-corrected chi connectivity index (χ2v) is 6.87. The van der Waals surface area contributed by atoms with Crippen LogP contribution in [-0.4, -0.2) is 43.7 Å². The van der Waals surface area contributed by atoms with E-state index in [9.17, 15) is 9.18 Å². The molecule has 0 saturated carbocycles.